The van der Waals surface area contributed by atoms with Gasteiger partial charge < -0.3 is 20.5 Å². The zero-order valence-electron chi connectivity index (χ0n) is 12.1. The molecule has 0 radical (unpaired) electrons. The van der Waals surface area contributed by atoms with Crippen LogP contribution in [0.3, 0.4) is 0 Å². The highest BCUT2D eigenvalue weighted by Gasteiger charge is 1.95. The number of ether oxygens (including phenoxy) is 2. The van der Waals surface area contributed by atoms with Crippen LogP contribution in [0.25, 0.3) is 0 Å². The van der Waals surface area contributed by atoms with Crippen molar-refractivity contribution in [1.82, 2.24) is 0 Å². The van der Waals surface area contributed by atoms with Gasteiger partial charge in [-0.1, -0.05) is 19.1 Å². The number of nitrogens with zero attached hydrogens (tertiary/aromatic N) is 1. The molecule has 0 heterocycles. The Balaban J connectivity index is 0.00000361. The number of nitrogens with one attached hydrogen (secondary N) is 1. The number of aryl methyl sites for hydroxylation is 1. The van der Waals surface area contributed by atoms with E-state index in [0.29, 0.717) is 32.3 Å². The average molecular weight is 393 g/mol. The first kappa shape index (κ1) is 19.1. The number of guanidine groups is 1. The van der Waals surface area contributed by atoms with Crippen LogP contribution in [0, 0.1) is 0 Å². The zero-order chi connectivity index (χ0) is 13.9. The number of rotatable bonds is 8. The second-order valence-electron chi connectivity index (χ2n) is 4.05. The van der Waals surface area contributed by atoms with Gasteiger partial charge in [0.15, 0.2) is 5.96 Å². The van der Waals surface area contributed by atoms with E-state index in [1.54, 1.807) is 7.11 Å². The summed E-state index contributed by atoms with van der Waals surface area (Å²) >= 11 is 0. The molecule has 0 spiro atoms. The first-order valence-electron chi connectivity index (χ1n) is 6.48. The molecule has 0 aliphatic heterocycles. The number of hydrogen-bond acceptors (Lipinski definition) is 3. The monoisotopic (exact) mass is 393 g/mol. The van der Waals surface area contributed by atoms with Crippen LogP contribution in [-0.2, 0) is 15.9 Å². The van der Waals surface area contributed by atoms with Crippen LogP contribution in [0.1, 0.15) is 12.5 Å². The maximum atomic E-state index is 5.78. The van der Waals surface area contributed by atoms with Crippen molar-refractivity contribution in [3.63, 3.8) is 0 Å². The molecule has 114 valence electrons. The lowest BCUT2D eigenvalue weighted by molar-refractivity contribution is 0.0748. The van der Waals surface area contributed by atoms with E-state index in [4.69, 9.17) is 15.2 Å². The molecule has 0 saturated carbocycles. The van der Waals surface area contributed by atoms with E-state index < -0.39 is 0 Å². The molecule has 1 rings (SSSR count). The van der Waals surface area contributed by atoms with Gasteiger partial charge in [-0.3, -0.25) is 4.99 Å². The summed E-state index contributed by atoms with van der Waals surface area (Å²) in [4.78, 5) is 4.18. The standard InChI is InChI=1S/C14H23N3O2.HI/c1-3-12-4-6-13(7-5-12)17-14(15)16-8-9-19-11-10-18-2;/h4-7H,3,8-11H2,1-2H3,(H3,15,16,17);1H. The summed E-state index contributed by atoms with van der Waals surface area (Å²) in [6.07, 6.45) is 1.03. The van der Waals surface area contributed by atoms with Gasteiger partial charge in [0, 0.05) is 12.8 Å². The summed E-state index contributed by atoms with van der Waals surface area (Å²) in [6.45, 7) is 4.39. The fourth-order valence-electron chi connectivity index (χ4n) is 1.49. The largest absolute Gasteiger partial charge is 0.382 e. The molecule has 0 unspecified atom stereocenters. The van der Waals surface area contributed by atoms with Crippen LogP contribution in [-0.4, -0.2) is 39.4 Å². The zero-order valence-corrected chi connectivity index (χ0v) is 14.4. The Bertz CT molecular complexity index is 383. The lowest BCUT2D eigenvalue weighted by Crippen LogP contribution is -2.23. The van der Waals surface area contributed by atoms with E-state index in [1.165, 1.54) is 5.56 Å². The number of nitrogens with two attached hydrogens (primary N) is 1. The minimum Gasteiger partial charge on any atom is -0.382 e. The normalized spacial score (nSPS) is 11.0. The van der Waals surface area contributed by atoms with Gasteiger partial charge in [0.1, 0.15) is 0 Å². The Labute approximate surface area is 138 Å². The lowest BCUT2D eigenvalue weighted by atomic mass is 10.1. The molecule has 5 nitrogen and oxygen atoms in total. The van der Waals surface area contributed by atoms with E-state index in [2.05, 4.69) is 29.4 Å². The number of benzene rings is 1. The first-order chi connectivity index (χ1) is 9.26. The minimum absolute atomic E-state index is 0. The topological polar surface area (TPSA) is 68.9 Å². The van der Waals surface area contributed by atoms with Gasteiger partial charge in [0.2, 0.25) is 0 Å². The van der Waals surface area contributed by atoms with Crippen LogP contribution in [0.15, 0.2) is 29.3 Å². The quantitative estimate of drug-likeness (QED) is 0.308. The molecular weight excluding hydrogens is 369 g/mol. The van der Waals surface area contributed by atoms with Crippen molar-refractivity contribution < 1.29 is 9.47 Å². The molecular formula is C14H24IN3O2. The summed E-state index contributed by atoms with van der Waals surface area (Å²) < 4.78 is 10.2. The SMILES string of the molecule is CCc1ccc(NC(N)=NCCOCCOC)cc1.I. The molecule has 0 saturated heterocycles. The second kappa shape index (κ2) is 11.9. The van der Waals surface area contributed by atoms with Gasteiger partial charge in [-0.05, 0) is 24.1 Å². The maximum absolute atomic E-state index is 5.78. The predicted molar refractivity (Wildman–Crippen MR) is 94.0 cm³/mol. The fourth-order valence-corrected chi connectivity index (χ4v) is 1.49. The maximum Gasteiger partial charge on any atom is 0.193 e. The third kappa shape index (κ3) is 8.34. The Morgan fingerprint density at radius 3 is 2.50 bits per heavy atom. The highest BCUT2D eigenvalue weighted by molar-refractivity contribution is 14.0. The highest BCUT2D eigenvalue weighted by Crippen LogP contribution is 2.09. The number of hydrogen-bond donors (Lipinski definition) is 2. The van der Waals surface area contributed by atoms with Crippen molar-refractivity contribution in [1.29, 1.82) is 0 Å². The third-order valence-electron chi connectivity index (χ3n) is 2.58. The first-order valence-corrected chi connectivity index (χ1v) is 6.48. The van der Waals surface area contributed by atoms with Crippen molar-refractivity contribution in [3.8, 4) is 0 Å². The molecule has 1 aromatic rings. The predicted octanol–water partition coefficient (Wildman–Crippen LogP) is 2.26. The molecule has 0 amide bonds. The Hall–Kier alpha value is -0.860. The van der Waals surface area contributed by atoms with Crippen molar-refractivity contribution in [2.45, 2.75) is 13.3 Å². The van der Waals surface area contributed by atoms with E-state index >= 15 is 0 Å². The van der Waals surface area contributed by atoms with Crippen molar-refractivity contribution >= 4 is 35.6 Å². The van der Waals surface area contributed by atoms with Crippen LogP contribution in [0.4, 0.5) is 5.69 Å². The summed E-state index contributed by atoms with van der Waals surface area (Å²) in [7, 11) is 1.65. The summed E-state index contributed by atoms with van der Waals surface area (Å²) in [5.41, 5.74) is 8.02. The summed E-state index contributed by atoms with van der Waals surface area (Å²) in [5, 5.41) is 3.04. The smallest absolute Gasteiger partial charge is 0.193 e. The fraction of sp³-hybridized carbons (Fsp3) is 0.500. The molecule has 0 atom stereocenters. The molecule has 0 bridgehead atoms. The number of methoxy groups -OCH3 is 1. The summed E-state index contributed by atoms with van der Waals surface area (Å²) in [6, 6.07) is 8.14. The molecule has 0 aliphatic rings. The van der Waals surface area contributed by atoms with Crippen LogP contribution < -0.4 is 11.1 Å². The summed E-state index contributed by atoms with van der Waals surface area (Å²) in [5.74, 6) is 0.402. The number of aliphatic imine (C=N–C) groups is 1. The van der Waals surface area contributed by atoms with Crippen LogP contribution in [0.2, 0.25) is 0 Å². The van der Waals surface area contributed by atoms with Crippen LogP contribution in [0.5, 0.6) is 0 Å². The molecule has 20 heavy (non-hydrogen) atoms. The van der Waals surface area contributed by atoms with Crippen molar-refractivity contribution in [2.24, 2.45) is 10.7 Å². The molecule has 0 aromatic heterocycles. The third-order valence-corrected chi connectivity index (χ3v) is 2.58. The van der Waals surface area contributed by atoms with Crippen molar-refractivity contribution in [3.05, 3.63) is 29.8 Å². The van der Waals surface area contributed by atoms with Gasteiger partial charge in [-0.25, -0.2) is 0 Å². The van der Waals surface area contributed by atoms with E-state index in [-0.39, 0.29) is 24.0 Å². The van der Waals surface area contributed by atoms with Crippen LogP contribution >= 0.6 is 24.0 Å². The van der Waals surface area contributed by atoms with E-state index in [1.807, 2.05) is 12.1 Å². The number of halogens is 1. The van der Waals surface area contributed by atoms with Gasteiger partial charge in [0.25, 0.3) is 0 Å². The molecule has 1 aromatic carbocycles. The van der Waals surface area contributed by atoms with E-state index in [0.717, 1.165) is 12.1 Å². The molecule has 3 N–H and O–H groups in total. The Morgan fingerprint density at radius 2 is 1.90 bits per heavy atom. The average Bonchev–Trinajstić information content (AvgIpc) is 2.43. The second-order valence-corrected chi connectivity index (χ2v) is 4.05. The highest BCUT2D eigenvalue weighted by atomic mass is 127. The van der Waals surface area contributed by atoms with Gasteiger partial charge in [-0.15, -0.1) is 24.0 Å². The van der Waals surface area contributed by atoms with Gasteiger partial charge >= 0.3 is 0 Å². The van der Waals surface area contributed by atoms with E-state index in [9.17, 15) is 0 Å². The number of anilines is 1. The van der Waals surface area contributed by atoms with Crippen molar-refractivity contribution in [2.75, 3.05) is 38.8 Å². The molecule has 0 aliphatic carbocycles. The molecule has 6 heteroatoms. The lowest BCUT2D eigenvalue weighted by Gasteiger charge is -2.06. The molecule has 0 fully saturated rings. The minimum atomic E-state index is 0. The Morgan fingerprint density at radius 1 is 1.20 bits per heavy atom. The van der Waals surface area contributed by atoms with Gasteiger partial charge in [0.05, 0.1) is 26.4 Å². The Kier molecular flexibility index (Phi) is 11.4. The van der Waals surface area contributed by atoms with Gasteiger partial charge in [-0.2, -0.15) is 0 Å².